The number of phenolic OH excluding ortho intramolecular Hbond substituents is 1. The van der Waals surface area contributed by atoms with Gasteiger partial charge in [-0.05, 0) is 11.6 Å². The van der Waals surface area contributed by atoms with E-state index in [4.69, 9.17) is 11.0 Å². The third-order valence-electron chi connectivity index (χ3n) is 2.18. The van der Waals surface area contributed by atoms with Crippen LogP contribution in [0.3, 0.4) is 0 Å². The third kappa shape index (κ3) is 2.85. The summed E-state index contributed by atoms with van der Waals surface area (Å²) < 4.78 is 0. The van der Waals surface area contributed by atoms with Gasteiger partial charge >= 0.3 is 11.4 Å². The van der Waals surface area contributed by atoms with Gasteiger partial charge in [-0.2, -0.15) is 5.26 Å². The molecule has 0 unspecified atom stereocenters. The number of hydrogen-bond donors (Lipinski definition) is 2. The van der Waals surface area contributed by atoms with Crippen LogP contribution in [0.5, 0.6) is 5.75 Å². The number of rotatable bonds is 4. The third-order valence-corrected chi connectivity index (χ3v) is 2.18. The molecule has 3 N–H and O–H groups in total. The molecule has 10 nitrogen and oxygen atoms in total. The molecular weight excluding hydrogens is 272 g/mol. The molecule has 1 rings (SSSR count). The molecule has 0 radical (unpaired) electrons. The first-order chi connectivity index (χ1) is 9.27. The van der Waals surface area contributed by atoms with E-state index in [1.54, 1.807) is 0 Å². The average Bonchev–Trinajstić information content (AvgIpc) is 2.36. The van der Waals surface area contributed by atoms with Crippen LogP contribution < -0.4 is 5.73 Å². The normalized spacial score (nSPS) is 10.7. The lowest BCUT2D eigenvalue weighted by Gasteiger charge is -2.00. The highest BCUT2D eigenvalue weighted by Crippen LogP contribution is 2.37. The van der Waals surface area contributed by atoms with Crippen molar-refractivity contribution in [3.8, 4) is 11.8 Å². The maximum Gasteiger partial charge on any atom is 0.318 e. The molecule has 102 valence electrons. The standard InChI is InChI=1S/C10H6N4O6/c11-4-6(10(12)16)1-5-2-7(13(17)18)9(15)8(3-5)14(19)20/h1-3,15H,(H2,12,16)/b6-1-. The predicted octanol–water partition coefficient (Wildman–Crippen LogP) is 0.601. The number of nitrogens with zero attached hydrogens (tertiary/aromatic N) is 3. The summed E-state index contributed by atoms with van der Waals surface area (Å²) in [6, 6.07) is 3.01. The molecule has 20 heavy (non-hydrogen) atoms. The van der Waals surface area contributed by atoms with E-state index in [1.165, 1.54) is 6.07 Å². The number of nitro benzene ring substituents is 2. The predicted molar refractivity (Wildman–Crippen MR) is 64.2 cm³/mol. The zero-order valence-corrected chi connectivity index (χ0v) is 9.64. The topological polar surface area (TPSA) is 173 Å². The Morgan fingerprint density at radius 1 is 1.30 bits per heavy atom. The van der Waals surface area contributed by atoms with E-state index in [2.05, 4.69) is 0 Å². The molecule has 0 aromatic heterocycles. The number of primary amides is 1. The number of benzene rings is 1. The van der Waals surface area contributed by atoms with Crippen molar-refractivity contribution in [2.45, 2.75) is 0 Å². The minimum absolute atomic E-state index is 0.184. The Bertz CT molecular complexity index is 652. The fraction of sp³-hybridized carbons (Fsp3) is 0. The number of carbonyl (C=O) groups excluding carboxylic acids is 1. The second kappa shape index (κ2) is 5.44. The first-order valence-corrected chi connectivity index (χ1v) is 4.85. The van der Waals surface area contributed by atoms with Crippen LogP contribution in [0.4, 0.5) is 11.4 Å². The fourth-order valence-corrected chi connectivity index (χ4v) is 1.31. The number of phenols is 1. The van der Waals surface area contributed by atoms with Gasteiger partial charge in [0, 0.05) is 12.1 Å². The number of carbonyl (C=O) groups is 1. The number of nitro groups is 2. The SMILES string of the molecule is N#C/C(=C/c1cc([N+](=O)[O-])c(O)c([N+](=O)[O-])c1)C(N)=O. The lowest BCUT2D eigenvalue weighted by Crippen LogP contribution is -2.12. The van der Waals surface area contributed by atoms with Crippen LogP contribution in [0.2, 0.25) is 0 Å². The summed E-state index contributed by atoms with van der Waals surface area (Å²) in [5.41, 5.74) is 2.30. The first kappa shape index (κ1) is 14.6. The van der Waals surface area contributed by atoms with Gasteiger partial charge in [0.15, 0.2) is 0 Å². The smallest absolute Gasteiger partial charge is 0.318 e. The molecule has 1 aromatic carbocycles. The van der Waals surface area contributed by atoms with Gasteiger partial charge in [0.05, 0.1) is 9.85 Å². The summed E-state index contributed by atoms with van der Waals surface area (Å²) in [5, 5.41) is 39.4. The minimum Gasteiger partial charge on any atom is -0.497 e. The van der Waals surface area contributed by atoms with E-state index < -0.39 is 38.5 Å². The van der Waals surface area contributed by atoms with Crippen LogP contribution in [0, 0.1) is 31.6 Å². The summed E-state index contributed by atoms with van der Waals surface area (Å²) >= 11 is 0. The molecule has 10 heteroatoms. The number of nitriles is 1. The lowest BCUT2D eigenvalue weighted by atomic mass is 10.1. The number of aromatic hydroxyl groups is 1. The van der Waals surface area contributed by atoms with Crippen molar-refractivity contribution in [2.75, 3.05) is 0 Å². The van der Waals surface area contributed by atoms with Crippen molar-refractivity contribution in [3.63, 3.8) is 0 Å². The van der Waals surface area contributed by atoms with Crippen molar-refractivity contribution in [1.82, 2.24) is 0 Å². The van der Waals surface area contributed by atoms with Gasteiger partial charge in [0.1, 0.15) is 11.6 Å². The highest BCUT2D eigenvalue weighted by Gasteiger charge is 2.26. The van der Waals surface area contributed by atoms with Crippen LogP contribution in [0.1, 0.15) is 5.56 Å². The Morgan fingerprint density at radius 3 is 2.05 bits per heavy atom. The summed E-state index contributed by atoms with van der Waals surface area (Å²) in [7, 11) is 0. The van der Waals surface area contributed by atoms with Crippen molar-refractivity contribution >= 4 is 23.4 Å². The van der Waals surface area contributed by atoms with Crippen LogP contribution in [-0.2, 0) is 4.79 Å². The largest absolute Gasteiger partial charge is 0.497 e. The lowest BCUT2D eigenvalue weighted by molar-refractivity contribution is -0.396. The van der Waals surface area contributed by atoms with Crippen molar-refractivity contribution < 1.29 is 19.7 Å². The molecule has 0 bridgehead atoms. The first-order valence-electron chi connectivity index (χ1n) is 4.85. The highest BCUT2D eigenvalue weighted by molar-refractivity contribution is 6.00. The van der Waals surface area contributed by atoms with E-state index in [0.717, 1.165) is 18.2 Å². The van der Waals surface area contributed by atoms with Gasteiger partial charge < -0.3 is 10.8 Å². The van der Waals surface area contributed by atoms with Crippen molar-refractivity contribution in [1.29, 1.82) is 5.26 Å². The summed E-state index contributed by atoms with van der Waals surface area (Å²) in [4.78, 5) is 30.2. The molecule has 0 saturated heterocycles. The molecule has 0 atom stereocenters. The van der Waals surface area contributed by atoms with Crippen LogP contribution in [0.15, 0.2) is 17.7 Å². The van der Waals surface area contributed by atoms with Gasteiger partial charge in [0.2, 0.25) is 0 Å². The number of hydrogen-bond acceptors (Lipinski definition) is 7. The quantitative estimate of drug-likeness (QED) is 0.350. The van der Waals surface area contributed by atoms with E-state index in [-0.39, 0.29) is 5.56 Å². The molecular formula is C10H6N4O6. The van der Waals surface area contributed by atoms with Gasteiger partial charge in [-0.3, -0.25) is 25.0 Å². The molecule has 0 heterocycles. The number of amides is 1. The molecule has 0 spiro atoms. The Balaban J connectivity index is 3.59. The summed E-state index contributed by atoms with van der Waals surface area (Å²) in [5.74, 6) is -2.21. The maximum atomic E-state index is 10.9. The molecule has 0 aliphatic carbocycles. The fourth-order valence-electron chi connectivity index (χ4n) is 1.31. The molecule has 1 aromatic rings. The Hall–Kier alpha value is -3.48. The van der Waals surface area contributed by atoms with E-state index in [1.807, 2.05) is 0 Å². The highest BCUT2D eigenvalue weighted by atomic mass is 16.6. The van der Waals surface area contributed by atoms with E-state index in [0.29, 0.717) is 0 Å². The molecule has 0 aliphatic rings. The Morgan fingerprint density at radius 2 is 1.75 bits per heavy atom. The minimum atomic E-state index is -1.12. The van der Waals surface area contributed by atoms with Gasteiger partial charge in [0.25, 0.3) is 11.7 Å². The van der Waals surface area contributed by atoms with E-state index in [9.17, 15) is 30.1 Å². The Kier molecular flexibility index (Phi) is 3.97. The van der Waals surface area contributed by atoms with Crippen LogP contribution >= 0.6 is 0 Å². The summed E-state index contributed by atoms with van der Waals surface area (Å²) in [6.07, 6.45) is 0.849. The van der Waals surface area contributed by atoms with Gasteiger partial charge in [-0.1, -0.05) is 0 Å². The van der Waals surface area contributed by atoms with Crippen LogP contribution in [-0.4, -0.2) is 20.9 Å². The van der Waals surface area contributed by atoms with E-state index >= 15 is 0 Å². The maximum absolute atomic E-state index is 10.9. The zero-order valence-electron chi connectivity index (χ0n) is 9.64. The molecule has 0 aliphatic heterocycles. The monoisotopic (exact) mass is 278 g/mol. The molecule has 0 saturated carbocycles. The molecule has 1 amide bonds. The zero-order chi connectivity index (χ0) is 15.4. The van der Waals surface area contributed by atoms with Gasteiger partial charge in [-0.25, -0.2) is 0 Å². The average molecular weight is 278 g/mol. The molecule has 0 fully saturated rings. The van der Waals surface area contributed by atoms with Crippen molar-refractivity contribution in [3.05, 3.63) is 43.5 Å². The second-order valence-electron chi connectivity index (χ2n) is 3.46. The Labute approximate surface area is 110 Å². The van der Waals surface area contributed by atoms with Gasteiger partial charge in [-0.15, -0.1) is 0 Å². The van der Waals surface area contributed by atoms with Crippen molar-refractivity contribution in [2.24, 2.45) is 5.73 Å². The van der Waals surface area contributed by atoms with Crippen LogP contribution in [0.25, 0.3) is 6.08 Å². The summed E-state index contributed by atoms with van der Waals surface area (Å²) in [6.45, 7) is 0. The number of nitrogens with two attached hydrogens (primary N) is 1. The second-order valence-corrected chi connectivity index (χ2v) is 3.46.